The summed E-state index contributed by atoms with van der Waals surface area (Å²) in [5, 5.41) is 5.49. The van der Waals surface area contributed by atoms with E-state index in [-0.39, 0.29) is 23.8 Å². The molecule has 2 unspecified atom stereocenters. The van der Waals surface area contributed by atoms with Gasteiger partial charge in [0.05, 0.1) is 35.0 Å². The van der Waals surface area contributed by atoms with Crippen LogP contribution in [0.2, 0.25) is 0 Å². The number of rotatable bonds is 5. The summed E-state index contributed by atoms with van der Waals surface area (Å²) in [5.74, 6) is -2.59. The van der Waals surface area contributed by atoms with Crippen molar-refractivity contribution in [1.82, 2.24) is 5.32 Å². The lowest BCUT2D eigenvalue weighted by Crippen LogP contribution is -2.32. The number of aliphatic imine (C=N–C) groups is 1. The Labute approximate surface area is 194 Å². The standard InChI is InChI=1S/C23H22F2N4O3S/c1-13(33)26-11-16-12-29(22(31)32-16)15-9-17(24)21(18(25)10-15)28-19-8-14-4-3-7-27-23(14,2)6-5-20(19)30/h3-10,14,16,28H,11-12H2,1-2H3,(H,26,33)/t14?,16-,23?/m0/s1. The highest BCUT2D eigenvalue weighted by Gasteiger charge is 2.35. The van der Waals surface area contributed by atoms with Crippen LogP contribution in [-0.2, 0) is 9.53 Å². The lowest BCUT2D eigenvalue weighted by atomic mass is 9.84. The second kappa shape index (κ2) is 8.86. The second-order valence-corrected chi connectivity index (χ2v) is 8.77. The summed E-state index contributed by atoms with van der Waals surface area (Å²) in [7, 11) is 0. The lowest BCUT2D eigenvalue weighted by molar-refractivity contribution is -0.111. The molecule has 7 nitrogen and oxygen atoms in total. The predicted molar refractivity (Wildman–Crippen MR) is 126 cm³/mol. The Kier molecular flexibility index (Phi) is 6.11. The molecule has 0 bridgehead atoms. The average molecular weight is 473 g/mol. The van der Waals surface area contributed by atoms with Gasteiger partial charge in [-0.05, 0) is 32.1 Å². The third-order valence-corrected chi connectivity index (χ3v) is 5.81. The molecular formula is C23H22F2N4O3S. The molecule has 10 heteroatoms. The molecule has 3 aliphatic rings. The molecule has 4 rings (SSSR count). The van der Waals surface area contributed by atoms with Crippen LogP contribution in [0.25, 0.3) is 0 Å². The number of allylic oxidation sites excluding steroid dienone is 2. The number of carbonyl (C=O) groups excluding carboxylic acids is 2. The molecule has 2 N–H and O–H groups in total. The summed E-state index contributed by atoms with van der Waals surface area (Å²) in [6, 6.07) is 2.05. The first-order valence-electron chi connectivity index (χ1n) is 10.3. The zero-order chi connectivity index (χ0) is 23.8. The minimum Gasteiger partial charge on any atom is -0.442 e. The SMILES string of the molecule is CC(=S)NC[C@H]1CN(c2cc(F)c(NC3=CC4C=CC=NC4(C)C=CC3=O)c(F)c2)C(=O)O1. The van der Waals surface area contributed by atoms with E-state index < -0.39 is 40.8 Å². The Morgan fingerprint density at radius 3 is 2.76 bits per heavy atom. The van der Waals surface area contributed by atoms with E-state index in [1.165, 1.54) is 6.08 Å². The number of amides is 1. The van der Waals surface area contributed by atoms with Crippen molar-refractivity contribution in [1.29, 1.82) is 0 Å². The van der Waals surface area contributed by atoms with Crippen molar-refractivity contribution in [2.75, 3.05) is 23.3 Å². The van der Waals surface area contributed by atoms with Crippen LogP contribution in [0.1, 0.15) is 13.8 Å². The number of ether oxygens (including phenoxy) is 1. The van der Waals surface area contributed by atoms with Crippen LogP contribution in [-0.4, -0.2) is 47.8 Å². The number of nitrogens with one attached hydrogen (secondary N) is 2. The minimum absolute atomic E-state index is 0.0142. The normalized spacial score (nSPS) is 25.9. The first-order chi connectivity index (χ1) is 15.7. The molecule has 1 aliphatic carbocycles. The molecular weight excluding hydrogens is 450 g/mol. The molecule has 1 saturated heterocycles. The quantitative estimate of drug-likeness (QED) is 0.637. The van der Waals surface area contributed by atoms with Crippen LogP contribution < -0.4 is 15.5 Å². The number of ketones is 1. The fourth-order valence-corrected chi connectivity index (χ4v) is 3.88. The Balaban J connectivity index is 1.56. The molecule has 2 aliphatic heterocycles. The zero-order valence-electron chi connectivity index (χ0n) is 18.0. The molecule has 2 heterocycles. The van der Waals surface area contributed by atoms with Gasteiger partial charge in [-0.25, -0.2) is 13.6 Å². The highest BCUT2D eigenvalue weighted by atomic mass is 32.1. The van der Waals surface area contributed by atoms with Crippen LogP contribution in [0, 0.1) is 17.6 Å². The van der Waals surface area contributed by atoms with E-state index in [0.717, 1.165) is 17.0 Å². The van der Waals surface area contributed by atoms with Crippen molar-refractivity contribution >= 4 is 46.7 Å². The first kappa shape index (κ1) is 22.8. The van der Waals surface area contributed by atoms with Gasteiger partial charge in [0.1, 0.15) is 11.8 Å². The number of carbonyl (C=O) groups is 2. The van der Waals surface area contributed by atoms with Crippen molar-refractivity contribution in [2.45, 2.75) is 25.5 Å². The minimum atomic E-state index is -0.948. The number of benzene rings is 1. The number of fused-ring (bicyclic) bond motifs is 1. The van der Waals surface area contributed by atoms with Crippen LogP contribution in [0.4, 0.5) is 25.0 Å². The molecule has 0 saturated carbocycles. The van der Waals surface area contributed by atoms with E-state index in [4.69, 9.17) is 17.0 Å². The highest BCUT2D eigenvalue weighted by Crippen LogP contribution is 2.34. The van der Waals surface area contributed by atoms with E-state index in [1.807, 2.05) is 13.0 Å². The summed E-state index contributed by atoms with van der Waals surface area (Å²) < 4.78 is 35.1. The smallest absolute Gasteiger partial charge is 0.414 e. The van der Waals surface area contributed by atoms with Gasteiger partial charge in [0.25, 0.3) is 0 Å². The van der Waals surface area contributed by atoms with Crippen molar-refractivity contribution in [2.24, 2.45) is 10.9 Å². The number of cyclic esters (lactones) is 1. The van der Waals surface area contributed by atoms with Gasteiger partial charge in [-0.2, -0.15) is 0 Å². The van der Waals surface area contributed by atoms with Crippen LogP contribution in [0.15, 0.2) is 53.2 Å². The Morgan fingerprint density at radius 2 is 2.06 bits per heavy atom. The fraction of sp³-hybridized carbons (Fsp3) is 0.304. The number of hydrogen-bond donors (Lipinski definition) is 2. The summed E-state index contributed by atoms with van der Waals surface area (Å²) in [5.41, 5.74) is -1.09. The number of nitrogens with zero attached hydrogens (tertiary/aromatic N) is 2. The van der Waals surface area contributed by atoms with Gasteiger partial charge in [-0.1, -0.05) is 24.4 Å². The van der Waals surface area contributed by atoms with Crippen LogP contribution >= 0.6 is 12.2 Å². The van der Waals surface area contributed by atoms with E-state index >= 15 is 0 Å². The summed E-state index contributed by atoms with van der Waals surface area (Å²) in [6.07, 6.45) is 8.67. The van der Waals surface area contributed by atoms with Gasteiger partial charge in [0.2, 0.25) is 5.78 Å². The van der Waals surface area contributed by atoms with Crippen molar-refractivity contribution in [3.05, 3.63) is 59.8 Å². The Hall–Kier alpha value is -3.40. The van der Waals surface area contributed by atoms with E-state index in [0.29, 0.717) is 11.5 Å². The number of dihydropyridines is 1. The summed E-state index contributed by atoms with van der Waals surface area (Å²) in [4.78, 5) is 30.9. The molecule has 0 radical (unpaired) electrons. The highest BCUT2D eigenvalue weighted by molar-refractivity contribution is 7.80. The predicted octanol–water partition coefficient (Wildman–Crippen LogP) is 3.68. The lowest BCUT2D eigenvalue weighted by Gasteiger charge is -2.28. The Morgan fingerprint density at radius 1 is 1.33 bits per heavy atom. The van der Waals surface area contributed by atoms with Crippen LogP contribution in [0.5, 0.6) is 0 Å². The molecule has 172 valence electrons. The maximum absolute atomic E-state index is 14.9. The molecule has 1 aromatic rings. The number of thiocarbonyl (C=S) groups is 1. The number of hydrogen-bond acceptors (Lipinski definition) is 6. The largest absolute Gasteiger partial charge is 0.442 e. The zero-order valence-corrected chi connectivity index (χ0v) is 18.8. The van der Waals surface area contributed by atoms with Gasteiger partial charge in [-0.3, -0.25) is 14.7 Å². The van der Waals surface area contributed by atoms with Crippen molar-refractivity contribution < 1.29 is 23.1 Å². The molecule has 0 spiro atoms. The second-order valence-electron chi connectivity index (χ2n) is 8.16. The molecule has 3 atom stereocenters. The molecule has 1 aromatic carbocycles. The topological polar surface area (TPSA) is 83.0 Å². The molecule has 1 fully saturated rings. The number of anilines is 2. The van der Waals surface area contributed by atoms with Gasteiger partial charge < -0.3 is 15.4 Å². The fourth-order valence-electron chi connectivity index (χ4n) is 3.80. The van der Waals surface area contributed by atoms with Gasteiger partial charge >= 0.3 is 6.09 Å². The molecule has 0 aromatic heterocycles. The third-order valence-electron chi connectivity index (χ3n) is 5.67. The van der Waals surface area contributed by atoms with E-state index in [1.54, 1.807) is 31.4 Å². The first-order valence-corrected chi connectivity index (χ1v) is 10.7. The molecule has 33 heavy (non-hydrogen) atoms. The van der Waals surface area contributed by atoms with Gasteiger partial charge in [0.15, 0.2) is 11.6 Å². The van der Waals surface area contributed by atoms with Gasteiger partial charge in [0, 0.05) is 24.3 Å². The van der Waals surface area contributed by atoms with E-state index in [2.05, 4.69) is 15.6 Å². The van der Waals surface area contributed by atoms with E-state index in [9.17, 15) is 18.4 Å². The maximum atomic E-state index is 14.9. The van der Waals surface area contributed by atoms with Crippen molar-refractivity contribution in [3.8, 4) is 0 Å². The van der Waals surface area contributed by atoms with Crippen molar-refractivity contribution in [3.63, 3.8) is 0 Å². The monoisotopic (exact) mass is 472 g/mol. The maximum Gasteiger partial charge on any atom is 0.414 e. The third kappa shape index (κ3) is 4.70. The average Bonchev–Trinajstić information content (AvgIpc) is 3.08. The van der Waals surface area contributed by atoms with Gasteiger partial charge in [-0.15, -0.1) is 0 Å². The van der Waals surface area contributed by atoms with Crippen LogP contribution in [0.3, 0.4) is 0 Å². The summed E-state index contributed by atoms with van der Waals surface area (Å²) >= 11 is 4.94. The molecule has 1 amide bonds. The summed E-state index contributed by atoms with van der Waals surface area (Å²) in [6.45, 7) is 3.97. The Bertz CT molecular complexity index is 1120. The number of halogens is 2.